The van der Waals surface area contributed by atoms with Gasteiger partial charge in [-0.05, 0) is 6.42 Å². The zero-order valence-electron chi connectivity index (χ0n) is 9.47. The van der Waals surface area contributed by atoms with Crippen LogP contribution in [0.3, 0.4) is 0 Å². The van der Waals surface area contributed by atoms with E-state index in [-0.39, 0.29) is 17.5 Å². The maximum Gasteiger partial charge on any atom is 0.152 e. The van der Waals surface area contributed by atoms with E-state index in [2.05, 4.69) is 4.90 Å². The van der Waals surface area contributed by atoms with E-state index < -0.39 is 9.84 Å². The molecule has 2 unspecified atom stereocenters. The Hall–Kier alpha value is -0.170. The van der Waals surface area contributed by atoms with E-state index in [1.807, 2.05) is 0 Å². The maximum absolute atomic E-state index is 11.3. The Kier molecular flexibility index (Phi) is 3.84. The van der Waals surface area contributed by atoms with Gasteiger partial charge in [-0.1, -0.05) is 0 Å². The Labute approximate surface area is 96.9 Å². The minimum atomic E-state index is -2.77. The number of hydrogen-bond acceptors (Lipinski definition) is 5. The highest BCUT2D eigenvalue weighted by Crippen LogP contribution is 2.15. The molecule has 0 saturated carbocycles. The molecule has 2 aliphatic heterocycles. The number of ether oxygens (including phenoxy) is 1. The Morgan fingerprint density at radius 3 is 2.62 bits per heavy atom. The van der Waals surface area contributed by atoms with Gasteiger partial charge in [0.2, 0.25) is 0 Å². The van der Waals surface area contributed by atoms with Crippen molar-refractivity contribution in [3.63, 3.8) is 0 Å². The van der Waals surface area contributed by atoms with Crippen LogP contribution in [-0.4, -0.2) is 63.7 Å². The average molecular weight is 248 g/mol. The first-order chi connectivity index (χ1) is 7.57. The number of sulfone groups is 1. The smallest absolute Gasteiger partial charge is 0.152 e. The van der Waals surface area contributed by atoms with Crippen LogP contribution in [0.25, 0.3) is 0 Å². The molecule has 0 aromatic heterocycles. The van der Waals surface area contributed by atoms with E-state index in [4.69, 9.17) is 10.5 Å². The van der Waals surface area contributed by atoms with Gasteiger partial charge in [-0.25, -0.2) is 8.42 Å². The molecule has 0 aliphatic carbocycles. The van der Waals surface area contributed by atoms with Crippen LogP contribution >= 0.6 is 0 Å². The van der Waals surface area contributed by atoms with Crippen molar-refractivity contribution in [3.8, 4) is 0 Å². The topological polar surface area (TPSA) is 72.6 Å². The van der Waals surface area contributed by atoms with Crippen molar-refractivity contribution in [2.24, 2.45) is 11.7 Å². The van der Waals surface area contributed by atoms with E-state index in [1.54, 1.807) is 0 Å². The summed E-state index contributed by atoms with van der Waals surface area (Å²) in [5.41, 5.74) is 6.02. The molecule has 2 aliphatic rings. The molecule has 0 aromatic rings. The number of rotatable bonds is 2. The molecule has 6 heteroatoms. The summed E-state index contributed by atoms with van der Waals surface area (Å²) in [4.78, 5) is 2.19. The third-order valence-electron chi connectivity index (χ3n) is 3.46. The van der Waals surface area contributed by atoms with E-state index in [9.17, 15) is 8.42 Å². The Morgan fingerprint density at radius 2 is 2.00 bits per heavy atom. The molecule has 5 nitrogen and oxygen atoms in total. The minimum absolute atomic E-state index is 0.201. The summed E-state index contributed by atoms with van der Waals surface area (Å²) < 4.78 is 28.0. The summed E-state index contributed by atoms with van der Waals surface area (Å²) in [6.45, 7) is 3.63. The highest BCUT2D eigenvalue weighted by atomic mass is 32.2. The van der Waals surface area contributed by atoms with Crippen LogP contribution in [-0.2, 0) is 14.6 Å². The molecule has 0 spiro atoms. The Bertz CT molecular complexity index is 317. The first kappa shape index (κ1) is 12.3. The zero-order valence-corrected chi connectivity index (χ0v) is 10.3. The summed E-state index contributed by atoms with van der Waals surface area (Å²) in [5.74, 6) is 0.931. The number of nitrogens with two attached hydrogens (primary N) is 1. The standard InChI is InChI=1S/C10H20N2O3S/c11-10-1-4-15-8-9(10)7-12-2-5-16(13,14)6-3-12/h9-10H,1-8,11H2. The SMILES string of the molecule is NC1CCOCC1CN1CCS(=O)(=O)CC1. The largest absolute Gasteiger partial charge is 0.381 e. The molecule has 2 rings (SSSR count). The fraction of sp³-hybridized carbons (Fsp3) is 1.00. The molecule has 0 amide bonds. The van der Waals surface area contributed by atoms with Crippen LogP contribution in [0, 0.1) is 5.92 Å². The second kappa shape index (κ2) is 5.00. The van der Waals surface area contributed by atoms with Crippen molar-refractivity contribution >= 4 is 9.84 Å². The normalized spacial score (nSPS) is 36.1. The van der Waals surface area contributed by atoms with Crippen LogP contribution in [0.5, 0.6) is 0 Å². The summed E-state index contributed by atoms with van der Waals surface area (Å²) in [6.07, 6.45) is 0.913. The highest BCUT2D eigenvalue weighted by molar-refractivity contribution is 7.91. The van der Waals surface area contributed by atoms with Gasteiger partial charge in [0.15, 0.2) is 9.84 Å². The van der Waals surface area contributed by atoms with Crippen LogP contribution in [0.15, 0.2) is 0 Å². The minimum Gasteiger partial charge on any atom is -0.381 e. The molecular formula is C10H20N2O3S. The fourth-order valence-corrected chi connectivity index (χ4v) is 3.54. The Balaban J connectivity index is 1.82. The molecule has 2 fully saturated rings. The lowest BCUT2D eigenvalue weighted by Gasteiger charge is -2.35. The van der Waals surface area contributed by atoms with Gasteiger partial charge in [-0.15, -0.1) is 0 Å². The molecule has 0 bridgehead atoms. The van der Waals surface area contributed by atoms with Gasteiger partial charge < -0.3 is 15.4 Å². The van der Waals surface area contributed by atoms with Crippen molar-refractivity contribution in [1.29, 1.82) is 0 Å². The average Bonchev–Trinajstić information content (AvgIpc) is 2.24. The summed E-state index contributed by atoms with van der Waals surface area (Å²) >= 11 is 0. The van der Waals surface area contributed by atoms with Crippen molar-refractivity contribution in [1.82, 2.24) is 4.90 Å². The first-order valence-electron chi connectivity index (χ1n) is 5.83. The van der Waals surface area contributed by atoms with Crippen molar-refractivity contribution < 1.29 is 13.2 Å². The molecular weight excluding hydrogens is 228 g/mol. The molecule has 2 saturated heterocycles. The van der Waals surface area contributed by atoms with Gasteiger partial charge in [-0.3, -0.25) is 0 Å². The van der Waals surface area contributed by atoms with E-state index in [0.717, 1.165) is 19.6 Å². The monoisotopic (exact) mass is 248 g/mol. The quantitative estimate of drug-likeness (QED) is 0.684. The molecule has 2 N–H and O–H groups in total. The van der Waals surface area contributed by atoms with Crippen LogP contribution in [0.2, 0.25) is 0 Å². The van der Waals surface area contributed by atoms with Crippen molar-refractivity contribution in [2.75, 3.05) is 44.4 Å². The van der Waals surface area contributed by atoms with Gasteiger partial charge in [0.25, 0.3) is 0 Å². The summed E-state index contributed by atoms with van der Waals surface area (Å²) in [6, 6.07) is 0.201. The Morgan fingerprint density at radius 1 is 1.31 bits per heavy atom. The molecule has 2 heterocycles. The van der Waals surface area contributed by atoms with Gasteiger partial charge >= 0.3 is 0 Å². The van der Waals surface area contributed by atoms with Gasteiger partial charge in [0, 0.05) is 38.2 Å². The summed E-state index contributed by atoms with van der Waals surface area (Å²) in [7, 11) is -2.77. The molecule has 0 aromatic carbocycles. The zero-order chi connectivity index (χ0) is 11.6. The highest BCUT2D eigenvalue weighted by Gasteiger charge is 2.28. The molecule has 16 heavy (non-hydrogen) atoms. The molecule has 94 valence electrons. The third-order valence-corrected chi connectivity index (χ3v) is 5.07. The van der Waals surface area contributed by atoms with Crippen molar-refractivity contribution in [2.45, 2.75) is 12.5 Å². The number of nitrogens with zero attached hydrogens (tertiary/aromatic N) is 1. The van der Waals surface area contributed by atoms with Gasteiger partial charge in [0.05, 0.1) is 18.1 Å². The van der Waals surface area contributed by atoms with E-state index in [0.29, 0.717) is 25.6 Å². The lowest BCUT2D eigenvalue weighted by atomic mass is 9.96. The fourth-order valence-electron chi connectivity index (χ4n) is 2.27. The maximum atomic E-state index is 11.3. The van der Waals surface area contributed by atoms with E-state index in [1.165, 1.54) is 0 Å². The first-order valence-corrected chi connectivity index (χ1v) is 7.65. The molecule has 2 atom stereocenters. The number of hydrogen-bond donors (Lipinski definition) is 1. The van der Waals surface area contributed by atoms with Crippen LogP contribution in [0.1, 0.15) is 6.42 Å². The predicted octanol–water partition coefficient (Wildman–Crippen LogP) is -0.919. The van der Waals surface area contributed by atoms with Crippen LogP contribution < -0.4 is 5.73 Å². The predicted molar refractivity (Wildman–Crippen MR) is 62.0 cm³/mol. The molecule has 0 radical (unpaired) electrons. The van der Waals surface area contributed by atoms with Gasteiger partial charge in [0.1, 0.15) is 0 Å². The third kappa shape index (κ3) is 3.16. The van der Waals surface area contributed by atoms with Crippen LogP contribution in [0.4, 0.5) is 0 Å². The van der Waals surface area contributed by atoms with E-state index >= 15 is 0 Å². The second-order valence-electron chi connectivity index (χ2n) is 4.74. The lowest BCUT2D eigenvalue weighted by molar-refractivity contribution is 0.0272. The van der Waals surface area contributed by atoms with Crippen molar-refractivity contribution in [3.05, 3.63) is 0 Å². The second-order valence-corrected chi connectivity index (χ2v) is 7.04. The van der Waals surface area contributed by atoms with Gasteiger partial charge in [-0.2, -0.15) is 0 Å². The summed E-state index contributed by atoms with van der Waals surface area (Å²) in [5, 5.41) is 0. The lowest BCUT2D eigenvalue weighted by Crippen LogP contribution is -2.49.